The molecular formula is C17H30O2S. The molecule has 3 fully saturated rings. The van der Waals surface area contributed by atoms with Gasteiger partial charge in [0.2, 0.25) is 0 Å². The summed E-state index contributed by atoms with van der Waals surface area (Å²) >= 11 is 2.06. The van der Waals surface area contributed by atoms with Crippen LogP contribution in [0.4, 0.5) is 0 Å². The quantitative estimate of drug-likeness (QED) is 0.781. The van der Waals surface area contributed by atoms with Gasteiger partial charge in [0.1, 0.15) is 0 Å². The third kappa shape index (κ3) is 3.53. The summed E-state index contributed by atoms with van der Waals surface area (Å²) in [4.78, 5) is 0. The molecule has 0 bridgehead atoms. The van der Waals surface area contributed by atoms with Crippen molar-refractivity contribution in [3.8, 4) is 0 Å². The first kappa shape index (κ1) is 15.2. The smallest absolute Gasteiger partial charge is 0.0701 e. The van der Waals surface area contributed by atoms with Crippen LogP contribution in [0, 0.1) is 11.8 Å². The van der Waals surface area contributed by atoms with Crippen LogP contribution < -0.4 is 0 Å². The van der Waals surface area contributed by atoms with Crippen molar-refractivity contribution in [3.05, 3.63) is 0 Å². The lowest BCUT2D eigenvalue weighted by Crippen LogP contribution is -2.46. The Balaban J connectivity index is 1.60. The van der Waals surface area contributed by atoms with Gasteiger partial charge in [-0.15, -0.1) is 0 Å². The lowest BCUT2D eigenvalue weighted by molar-refractivity contribution is -0.127. The maximum absolute atomic E-state index is 10.9. The largest absolute Gasteiger partial charge is 0.393 e. The fourth-order valence-corrected chi connectivity index (χ4v) is 5.72. The van der Waals surface area contributed by atoms with E-state index < -0.39 is 0 Å². The molecule has 3 aliphatic rings. The summed E-state index contributed by atoms with van der Waals surface area (Å²) in [7, 11) is 0. The zero-order valence-electron chi connectivity index (χ0n) is 12.7. The molecule has 0 amide bonds. The molecule has 2 nitrogen and oxygen atoms in total. The molecule has 20 heavy (non-hydrogen) atoms. The molecule has 0 radical (unpaired) electrons. The molecular weight excluding hydrogens is 268 g/mol. The van der Waals surface area contributed by atoms with Gasteiger partial charge in [0.25, 0.3) is 0 Å². The molecule has 2 unspecified atom stereocenters. The minimum absolute atomic E-state index is 0.0662. The Bertz CT molecular complexity index is 288. The van der Waals surface area contributed by atoms with E-state index in [0.29, 0.717) is 11.8 Å². The average Bonchev–Trinajstić information content (AvgIpc) is 2.76. The van der Waals surface area contributed by atoms with Crippen molar-refractivity contribution in [1.29, 1.82) is 0 Å². The summed E-state index contributed by atoms with van der Waals surface area (Å²) in [5.74, 6) is 3.55. The number of aliphatic hydroxyl groups is 1. The molecule has 1 aliphatic carbocycles. The van der Waals surface area contributed by atoms with Crippen LogP contribution in [0.1, 0.15) is 64.2 Å². The standard InChI is InChI=1S/C17H30O2S/c18-16(14-5-3-1-2-4-6-14)15-7-10-19-17(13-15)8-11-20-12-9-17/h14-16,18H,1-13H2. The van der Waals surface area contributed by atoms with Crippen molar-refractivity contribution in [1.82, 2.24) is 0 Å². The van der Waals surface area contributed by atoms with Gasteiger partial charge in [-0.1, -0.05) is 25.7 Å². The van der Waals surface area contributed by atoms with Gasteiger partial charge in [0, 0.05) is 6.61 Å². The van der Waals surface area contributed by atoms with Gasteiger partial charge in [0.15, 0.2) is 0 Å². The van der Waals surface area contributed by atoms with E-state index in [1.165, 1.54) is 62.9 Å². The molecule has 3 rings (SSSR count). The van der Waals surface area contributed by atoms with E-state index in [4.69, 9.17) is 4.74 Å². The molecule has 2 aliphatic heterocycles. The molecule has 2 heterocycles. The van der Waals surface area contributed by atoms with Gasteiger partial charge in [-0.3, -0.25) is 0 Å². The molecule has 1 saturated carbocycles. The van der Waals surface area contributed by atoms with E-state index in [1.807, 2.05) is 0 Å². The summed E-state index contributed by atoms with van der Waals surface area (Å²) in [6, 6.07) is 0. The van der Waals surface area contributed by atoms with Crippen LogP contribution in [0.3, 0.4) is 0 Å². The minimum Gasteiger partial charge on any atom is -0.393 e. The highest BCUT2D eigenvalue weighted by Gasteiger charge is 2.42. The number of rotatable bonds is 2. The van der Waals surface area contributed by atoms with E-state index in [0.717, 1.165) is 19.4 Å². The van der Waals surface area contributed by atoms with Gasteiger partial charge in [-0.25, -0.2) is 0 Å². The Kier molecular flexibility index (Phi) is 5.33. The fourth-order valence-electron chi connectivity index (χ4n) is 4.49. The van der Waals surface area contributed by atoms with Crippen LogP contribution in [0.25, 0.3) is 0 Å². The topological polar surface area (TPSA) is 29.5 Å². The number of ether oxygens (including phenoxy) is 1. The molecule has 3 heteroatoms. The van der Waals surface area contributed by atoms with Crippen molar-refractivity contribution in [2.24, 2.45) is 11.8 Å². The van der Waals surface area contributed by atoms with E-state index in [1.54, 1.807) is 0 Å². The van der Waals surface area contributed by atoms with Crippen molar-refractivity contribution in [2.75, 3.05) is 18.1 Å². The second-order valence-corrected chi connectivity index (χ2v) is 8.36. The fraction of sp³-hybridized carbons (Fsp3) is 1.00. The third-order valence-electron chi connectivity index (χ3n) is 5.80. The molecule has 116 valence electrons. The van der Waals surface area contributed by atoms with Crippen LogP contribution in [-0.2, 0) is 4.74 Å². The molecule has 0 aromatic rings. The molecule has 2 saturated heterocycles. The zero-order valence-corrected chi connectivity index (χ0v) is 13.5. The van der Waals surface area contributed by atoms with Gasteiger partial charge in [-0.2, -0.15) is 11.8 Å². The van der Waals surface area contributed by atoms with Crippen LogP contribution >= 0.6 is 11.8 Å². The summed E-state index contributed by atoms with van der Waals surface area (Å²) in [5, 5.41) is 10.9. The average molecular weight is 298 g/mol. The third-order valence-corrected chi connectivity index (χ3v) is 6.79. The maximum Gasteiger partial charge on any atom is 0.0701 e. The van der Waals surface area contributed by atoms with Crippen molar-refractivity contribution in [2.45, 2.75) is 75.9 Å². The lowest BCUT2D eigenvalue weighted by Gasteiger charge is -2.45. The predicted molar refractivity (Wildman–Crippen MR) is 85.2 cm³/mol. The Labute approximate surface area is 128 Å². The Morgan fingerprint density at radius 1 is 0.950 bits per heavy atom. The molecule has 0 aromatic carbocycles. The van der Waals surface area contributed by atoms with E-state index in [9.17, 15) is 5.11 Å². The first-order valence-electron chi connectivity index (χ1n) is 8.69. The van der Waals surface area contributed by atoms with Gasteiger partial charge >= 0.3 is 0 Å². The van der Waals surface area contributed by atoms with Gasteiger partial charge < -0.3 is 9.84 Å². The SMILES string of the molecule is OC(C1CCCCCC1)C1CCOC2(CCSCC2)C1. The monoisotopic (exact) mass is 298 g/mol. The summed E-state index contributed by atoms with van der Waals surface area (Å²) < 4.78 is 6.17. The highest BCUT2D eigenvalue weighted by Crippen LogP contribution is 2.42. The predicted octanol–water partition coefficient (Wildman–Crippen LogP) is 4.01. The Morgan fingerprint density at radius 2 is 1.65 bits per heavy atom. The molecule has 0 aromatic heterocycles. The van der Waals surface area contributed by atoms with Crippen LogP contribution in [0.2, 0.25) is 0 Å². The maximum atomic E-state index is 10.9. The number of thioether (sulfide) groups is 1. The van der Waals surface area contributed by atoms with Gasteiger partial charge in [-0.05, 0) is 61.9 Å². The van der Waals surface area contributed by atoms with E-state index in [-0.39, 0.29) is 11.7 Å². The minimum atomic E-state index is -0.0662. The second kappa shape index (κ2) is 7.02. The molecule has 1 N–H and O–H groups in total. The highest BCUT2D eigenvalue weighted by molar-refractivity contribution is 7.99. The Morgan fingerprint density at radius 3 is 2.35 bits per heavy atom. The van der Waals surface area contributed by atoms with Crippen molar-refractivity contribution in [3.63, 3.8) is 0 Å². The molecule has 1 spiro atoms. The second-order valence-electron chi connectivity index (χ2n) is 7.14. The van der Waals surface area contributed by atoms with Crippen molar-refractivity contribution < 1.29 is 9.84 Å². The Hall–Kier alpha value is 0.270. The summed E-state index contributed by atoms with van der Waals surface area (Å²) in [5.41, 5.74) is 0.125. The van der Waals surface area contributed by atoms with Crippen molar-refractivity contribution >= 4 is 11.8 Å². The normalized spacial score (nSPS) is 33.8. The summed E-state index contributed by atoms with van der Waals surface area (Å²) in [6.45, 7) is 0.874. The van der Waals surface area contributed by atoms with E-state index >= 15 is 0 Å². The first-order valence-corrected chi connectivity index (χ1v) is 9.84. The zero-order chi connectivity index (χ0) is 13.8. The number of hydrogen-bond acceptors (Lipinski definition) is 3. The van der Waals surface area contributed by atoms with Gasteiger partial charge in [0.05, 0.1) is 11.7 Å². The highest BCUT2D eigenvalue weighted by atomic mass is 32.2. The van der Waals surface area contributed by atoms with Crippen LogP contribution in [0.5, 0.6) is 0 Å². The lowest BCUT2D eigenvalue weighted by atomic mass is 9.75. The number of hydrogen-bond donors (Lipinski definition) is 1. The summed E-state index contributed by atoms with van der Waals surface area (Å²) in [6.07, 6.45) is 12.4. The molecule has 2 atom stereocenters. The number of aliphatic hydroxyl groups excluding tert-OH is 1. The first-order chi connectivity index (χ1) is 9.79. The van der Waals surface area contributed by atoms with Crippen LogP contribution in [-0.4, -0.2) is 34.9 Å². The van der Waals surface area contributed by atoms with E-state index in [2.05, 4.69) is 11.8 Å². The van der Waals surface area contributed by atoms with Crippen LogP contribution in [0.15, 0.2) is 0 Å².